The van der Waals surface area contributed by atoms with E-state index in [4.69, 9.17) is 4.74 Å². The molecule has 0 saturated heterocycles. The van der Waals surface area contributed by atoms with Gasteiger partial charge in [0.15, 0.2) is 0 Å². The van der Waals surface area contributed by atoms with E-state index in [1.54, 1.807) is 12.1 Å². The van der Waals surface area contributed by atoms with Crippen LogP contribution in [0.25, 0.3) is 0 Å². The molecule has 0 bridgehead atoms. The fourth-order valence-corrected chi connectivity index (χ4v) is 2.42. The van der Waals surface area contributed by atoms with Gasteiger partial charge in [0.25, 0.3) is 0 Å². The molecule has 0 amide bonds. The number of ether oxygens (including phenoxy) is 1. The van der Waals surface area contributed by atoms with Gasteiger partial charge in [-0.25, -0.2) is 4.39 Å². The van der Waals surface area contributed by atoms with Crippen molar-refractivity contribution < 1.29 is 9.13 Å². The summed E-state index contributed by atoms with van der Waals surface area (Å²) >= 11 is 0. The van der Waals surface area contributed by atoms with E-state index in [0.29, 0.717) is 0 Å². The maximum Gasteiger partial charge on any atom is 0.149 e. The minimum atomic E-state index is -0.579. The molecule has 112 valence electrons. The Labute approximate surface area is 134 Å². The Morgan fingerprint density at radius 1 is 0.783 bits per heavy atom. The number of halogens is 1. The maximum absolute atomic E-state index is 13.8. The molecule has 0 fully saturated rings. The van der Waals surface area contributed by atoms with Gasteiger partial charge in [-0.1, -0.05) is 66.7 Å². The van der Waals surface area contributed by atoms with Crippen LogP contribution in [0.5, 0.6) is 5.75 Å². The van der Waals surface area contributed by atoms with Gasteiger partial charge < -0.3 is 4.74 Å². The standard InChI is InChI=1S/C20H14FNO/c21-18-12-7-13-19(17(18)14-22)23-20(15-8-3-1-4-9-15)16-10-5-2-6-11-16/h1-13,20H. The Bertz CT molecular complexity index is 786. The van der Waals surface area contributed by atoms with Crippen LogP contribution in [0, 0.1) is 17.1 Å². The number of benzene rings is 3. The zero-order chi connectivity index (χ0) is 16.1. The van der Waals surface area contributed by atoms with Gasteiger partial charge >= 0.3 is 0 Å². The van der Waals surface area contributed by atoms with Crippen LogP contribution in [0.2, 0.25) is 0 Å². The van der Waals surface area contributed by atoms with Gasteiger partial charge in [0, 0.05) is 0 Å². The summed E-state index contributed by atoms with van der Waals surface area (Å²) in [6, 6.07) is 25.6. The third kappa shape index (κ3) is 3.22. The van der Waals surface area contributed by atoms with Gasteiger partial charge in [-0.15, -0.1) is 0 Å². The molecule has 0 aromatic heterocycles. The fraction of sp³-hybridized carbons (Fsp3) is 0.0500. The molecule has 0 radical (unpaired) electrons. The van der Waals surface area contributed by atoms with Crippen LogP contribution in [-0.4, -0.2) is 0 Å². The first-order valence-corrected chi connectivity index (χ1v) is 7.25. The Hall–Kier alpha value is -3.12. The molecule has 3 aromatic rings. The summed E-state index contributed by atoms with van der Waals surface area (Å²) in [7, 11) is 0. The molecular formula is C20H14FNO. The molecular weight excluding hydrogens is 289 g/mol. The van der Waals surface area contributed by atoms with E-state index in [1.165, 1.54) is 6.07 Å². The third-order valence-corrected chi connectivity index (χ3v) is 3.54. The maximum atomic E-state index is 13.8. The number of nitriles is 1. The van der Waals surface area contributed by atoms with Gasteiger partial charge in [-0.05, 0) is 23.3 Å². The molecule has 0 spiro atoms. The molecule has 0 aliphatic heterocycles. The van der Waals surface area contributed by atoms with Crippen molar-refractivity contribution in [2.45, 2.75) is 6.10 Å². The number of rotatable bonds is 4. The summed E-state index contributed by atoms with van der Waals surface area (Å²) in [6.45, 7) is 0. The van der Waals surface area contributed by atoms with Gasteiger partial charge in [0.05, 0.1) is 0 Å². The minimum absolute atomic E-state index is 0.0793. The molecule has 3 heteroatoms. The van der Waals surface area contributed by atoms with E-state index in [1.807, 2.05) is 66.7 Å². The highest BCUT2D eigenvalue weighted by Gasteiger charge is 2.18. The Morgan fingerprint density at radius 3 is 1.87 bits per heavy atom. The largest absolute Gasteiger partial charge is 0.479 e. The molecule has 23 heavy (non-hydrogen) atoms. The van der Waals surface area contributed by atoms with Crippen molar-refractivity contribution in [2.24, 2.45) is 0 Å². The molecule has 3 rings (SSSR count). The summed E-state index contributed by atoms with van der Waals surface area (Å²) < 4.78 is 19.8. The predicted octanol–water partition coefficient (Wildman–Crippen LogP) is 4.87. The second-order valence-electron chi connectivity index (χ2n) is 5.04. The predicted molar refractivity (Wildman–Crippen MR) is 86.5 cm³/mol. The summed E-state index contributed by atoms with van der Waals surface area (Å²) in [5, 5.41) is 9.18. The lowest BCUT2D eigenvalue weighted by molar-refractivity contribution is 0.245. The highest BCUT2D eigenvalue weighted by molar-refractivity contribution is 5.45. The summed E-state index contributed by atoms with van der Waals surface area (Å²) in [4.78, 5) is 0. The van der Waals surface area contributed by atoms with Gasteiger partial charge in [0.1, 0.15) is 29.3 Å². The molecule has 0 unspecified atom stereocenters. The minimum Gasteiger partial charge on any atom is -0.479 e. The summed E-state index contributed by atoms with van der Waals surface area (Å²) in [5.41, 5.74) is 1.79. The first-order chi connectivity index (χ1) is 11.3. The Morgan fingerprint density at radius 2 is 1.35 bits per heavy atom. The average molecular weight is 303 g/mol. The van der Waals surface area contributed by atoms with Crippen molar-refractivity contribution in [3.05, 3.63) is 101 Å². The molecule has 0 aliphatic rings. The Balaban J connectivity index is 2.05. The van der Waals surface area contributed by atoms with Crippen molar-refractivity contribution in [3.8, 4) is 11.8 Å². The quantitative estimate of drug-likeness (QED) is 0.689. The van der Waals surface area contributed by atoms with Crippen LogP contribution in [-0.2, 0) is 0 Å². The Kier molecular flexibility index (Phi) is 4.35. The molecule has 3 aromatic carbocycles. The van der Waals surface area contributed by atoms with Crippen LogP contribution >= 0.6 is 0 Å². The van der Waals surface area contributed by atoms with Crippen molar-refractivity contribution in [1.82, 2.24) is 0 Å². The van der Waals surface area contributed by atoms with E-state index < -0.39 is 11.9 Å². The highest BCUT2D eigenvalue weighted by Crippen LogP contribution is 2.31. The van der Waals surface area contributed by atoms with Gasteiger partial charge in [0.2, 0.25) is 0 Å². The lowest BCUT2D eigenvalue weighted by Gasteiger charge is -2.21. The number of hydrogen-bond acceptors (Lipinski definition) is 2. The molecule has 0 heterocycles. The summed E-state index contributed by atoms with van der Waals surface area (Å²) in [5.74, 6) is -0.338. The van der Waals surface area contributed by atoms with E-state index >= 15 is 0 Å². The first kappa shape index (κ1) is 14.8. The lowest BCUT2D eigenvalue weighted by Crippen LogP contribution is -2.10. The number of hydrogen-bond donors (Lipinski definition) is 0. The van der Waals surface area contributed by atoms with Crippen LogP contribution < -0.4 is 4.74 Å². The van der Waals surface area contributed by atoms with E-state index in [0.717, 1.165) is 11.1 Å². The average Bonchev–Trinajstić information content (AvgIpc) is 2.61. The third-order valence-electron chi connectivity index (χ3n) is 3.54. The second-order valence-corrected chi connectivity index (χ2v) is 5.04. The SMILES string of the molecule is N#Cc1c(F)cccc1OC(c1ccccc1)c1ccccc1. The second kappa shape index (κ2) is 6.76. The van der Waals surface area contributed by atoms with E-state index in [-0.39, 0.29) is 11.3 Å². The first-order valence-electron chi connectivity index (χ1n) is 7.25. The monoisotopic (exact) mass is 303 g/mol. The molecule has 0 atom stereocenters. The van der Waals surface area contributed by atoms with Crippen LogP contribution in [0.4, 0.5) is 4.39 Å². The zero-order valence-corrected chi connectivity index (χ0v) is 12.3. The molecule has 0 N–H and O–H groups in total. The molecule has 0 saturated carbocycles. The van der Waals surface area contributed by atoms with Crippen molar-refractivity contribution in [1.29, 1.82) is 5.26 Å². The normalized spacial score (nSPS) is 10.3. The fourth-order valence-electron chi connectivity index (χ4n) is 2.42. The zero-order valence-electron chi connectivity index (χ0n) is 12.3. The van der Waals surface area contributed by atoms with Gasteiger partial charge in [-0.3, -0.25) is 0 Å². The van der Waals surface area contributed by atoms with E-state index in [2.05, 4.69) is 0 Å². The van der Waals surface area contributed by atoms with Crippen molar-refractivity contribution >= 4 is 0 Å². The highest BCUT2D eigenvalue weighted by atomic mass is 19.1. The smallest absolute Gasteiger partial charge is 0.149 e. The summed E-state index contributed by atoms with van der Waals surface area (Å²) in [6.07, 6.45) is -0.411. The van der Waals surface area contributed by atoms with Gasteiger partial charge in [-0.2, -0.15) is 5.26 Å². The van der Waals surface area contributed by atoms with Crippen molar-refractivity contribution in [2.75, 3.05) is 0 Å². The molecule has 2 nitrogen and oxygen atoms in total. The molecule has 0 aliphatic carbocycles. The van der Waals surface area contributed by atoms with Crippen LogP contribution in [0.3, 0.4) is 0 Å². The van der Waals surface area contributed by atoms with Crippen LogP contribution in [0.1, 0.15) is 22.8 Å². The lowest BCUT2D eigenvalue weighted by atomic mass is 10.0. The topological polar surface area (TPSA) is 33.0 Å². The van der Waals surface area contributed by atoms with E-state index in [9.17, 15) is 9.65 Å². The number of nitrogens with zero attached hydrogens (tertiary/aromatic N) is 1. The van der Waals surface area contributed by atoms with Crippen LogP contribution in [0.15, 0.2) is 78.9 Å². The van der Waals surface area contributed by atoms with Crippen molar-refractivity contribution in [3.63, 3.8) is 0 Å².